The van der Waals surface area contributed by atoms with Crippen LogP contribution < -0.4 is 0 Å². The molecule has 0 N–H and O–H groups in total. The summed E-state index contributed by atoms with van der Waals surface area (Å²) in [6, 6.07) is 9.96. The van der Waals surface area contributed by atoms with Gasteiger partial charge in [-0.2, -0.15) is 0 Å². The first-order valence-electron chi connectivity index (χ1n) is 8.28. The molecule has 0 aliphatic heterocycles. The molecule has 0 saturated heterocycles. The summed E-state index contributed by atoms with van der Waals surface area (Å²) in [5.74, 6) is -0.281. The van der Waals surface area contributed by atoms with Gasteiger partial charge in [0.05, 0.1) is 19.8 Å². The van der Waals surface area contributed by atoms with Gasteiger partial charge in [0.2, 0.25) is 0 Å². The molecule has 0 fully saturated rings. The fourth-order valence-electron chi connectivity index (χ4n) is 2.07. The molecule has 0 amide bonds. The van der Waals surface area contributed by atoms with Crippen LogP contribution in [0.15, 0.2) is 42.5 Å². The molecular weight excluding hydrogens is 276 g/mol. The van der Waals surface area contributed by atoms with Crippen LogP contribution in [0, 0.1) is 0 Å². The molecule has 122 valence electrons. The van der Waals surface area contributed by atoms with E-state index in [0.717, 1.165) is 18.4 Å². The maximum Gasteiger partial charge on any atom is 0.330 e. The van der Waals surface area contributed by atoms with Crippen molar-refractivity contribution >= 4 is 5.97 Å². The molecule has 0 unspecified atom stereocenters. The molecule has 0 atom stereocenters. The fourth-order valence-corrected chi connectivity index (χ4v) is 2.07. The van der Waals surface area contributed by atoms with Crippen molar-refractivity contribution in [2.75, 3.05) is 13.2 Å². The summed E-state index contributed by atoms with van der Waals surface area (Å²) in [7, 11) is 0. The standard InChI is InChI=1S/C19H28O3/c1-2-3-4-5-6-10-16-22-19(20)14-11-15-21-17-18-12-8-7-9-13-18/h7-9,11-14H,2-6,10,15-17H2,1H3/b14-11+. The zero-order valence-electron chi connectivity index (χ0n) is 13.6. The molecule has 22 heavy (non-hydrogen) atoms. The maximum absolute atomic E-state index is 11.4. The van der Waals surface area contributed by atoms with E-state index >= 15 is 0 Å². The highest BCUT2D eigenvalue weighted by atomic mass is 16.5. The van der Waals surface area contributed by atoms with Crippen molar-refractivity contribution in [2.24, 2.45) is 0 Å². The first-order valence-corrected chi connectivity index (χ1v) is 8.28. The molecule has 0 radical (unpaired) electrons. The highest BCUT2D eigenvalue weighted by molar-refractivity contribution is 5.81. The predicted octanol–water partition coefficient (Wildman–Crippen LogP) is 4.66. The quantitative estimate of drug-likeness (QED) is 0.320. The highest BCUT2D eigenvalue weighted by Gasteiger charge is 1.97. The first kappa shape index (κ1) is 18.4. The topological polar surface area (TPSA) is 35.5 Å². The van der Waals surface area contributed by atoms with Gasteiger partial charge in [0.15, 0.2) is 0 Å². The minimum Gasteiger partial charge on any atom is -0.463 e. The molecule has 0 aromatic heterocycles. The normalized spacial score (nSPS) is 11.0. The van der Waals surface area contributed by atoms with Crippen LogP contribution in [0.5, 0.6) is 0 Å². The average Bonchev–Trinajstić information content (AvgIpc) is 2.54. The summed E-state index contributed by atoms with van der Waals surface area (Å²) in [5.41, 5.74) is 1.13. The summed E-state index contributed by atoms with van der Waals surface area (Å²) in [6.07, 6.45) is 10.3. The Balaban J connectivity index is 1.95. The maximum atomic E-state index is 11.4. The van der Waals surface area contributed by atoms with Crippen LogP contribution in [0.1, 0.15) is 51.0 Å². The molecule has 3 nitrogen and oxygen atoms in total. The summed E-state index contributed by atoms with van der Waals surface area (Å²) in [5, 5.41) is 0. The molecular formula is C19H28O3. The van der Waals surface area contributed by atoms with E-state index < -0.39 is 0 Å². The van der Waals surface area contributed by atoms with Crippen LogP contribution >= 0.6 is 0 Å². The van der Waals surface area contributed by atoms with E-state index in [2.05, 4.69) is 6.92 Å². The van der Waals surface area contributed by atoms with Gasteiger partial charge in [0, 0.05) is 6.08 Å². The van der Waals surface area contributed by atoms with Crippen molar-refractivity contribution in [1.82, 2.24) is 0 Å². The van der Waals surface area contributed by atoms with Crippen LogP contribution in [0.2, 0.25) is 0 Å². The van der Waals surface area contributed by atoms with Crippen LogP contribution in [-0.2, 0) is 20.9 Å². The molecule has 1 rings (SSSR count). The fraction of sp³-hybridized carbons (Fsp3) is 0.526. The third-order valence-corrected chi connectivity index (χ3v) is 3.32. The first-order chi connectivity index (χ1) is 10.8. The Hall–Kier alpha value is -1.61. The Bertz CT molecular complexity index is 412. The second-order valence-corrected chi connectivity index (χ2v) is 5.34. The van der Waals surface area contributed by atoms with Crippen molar-refractivity contribution in [1.29, 1.82) is 0 Å². The van der Waals surface area contributed by atoms with Gasteiger partial charge >= 0.3 is 5.97 Å². The molecule has 0 spiro atoms. The smallest absolute Gasteiger partial charge is 0.330 e. The Morgan fingerprint density at radius 1 is 1.05 bits per heavy atom. The molecule has 0 heterocycles. The molecule has 0 aliphatic rings. The number of carbonyl (C=O) groups is 1. The van der Waals surface area contributed by atoms with Gasteiger partial charge in [-0.25, -0.2) is 4.79 Å². The Morgan fingerprint density at radius 2 is 1.77 bits per heavy atom. The second-order valence-electron chi connectivity index (χ2n) is 5.34. The third kappa shape index (κ3) is 10.2. The van der Waals surface area contributed by atoms with Crippen LogP contribution in [-0.4, -0.2) is 19.2 Å². The number of hydrogen-bond donors (Lipinski definition) is 0. The van der Waals surface area contributed by atoms with Crippen molar-refractivity contribution in [2.45, 2.75) is 52.1 Å². The number of ether oxygens (including phenoxy) is 2. The largest absolute Gasteiger partial charge is 0.463 e. The van der Waals surface area contributed by atoms with E-state index in [1.807, 2.05) is 30.3 Å². The van der Waals surface area contributed by atoms with Gasteiger partial charge in [-0.15, -0.1) is 0 Å². The summed E-state index contributed by atoms with van der Waals surface area (Å²) >= 11 is 0. The second kappa shape index (κ2) is 13.1. The van der Waals surface area contributed by atoms with Gasteiger partial charge < -0.3 is 9.47 Å². The van der Waals surface area contributed by atoms with Crippen LogP contribution in [0.3, 0.4) is 0 Å². The summed E-state index contributed by atoms with van der Waals surface area (Å²) in [4.78, 5) is 11.4. The van der Waals surface area contributed by atoms with Crippen molar-refractivity contribution in [3.05, 3.63) is 48.0 Å². The molecule has 1 aromatic carbocycles. The van der Waals surface area contributed by atoms with E-state index in [4.69, 9.17) is 9.47 Å². The van der Waals surface area contributed by atoms with Gasteiger partial charge in [-0.3, -0.25) is 0 Å². The number of rotatable bonds is 12. The van der Waals surface area contributed by atoms with E-state index in [1.54, 1.807) is 6.08 Å². The highest BCUT2D eigenvalue weighted by Crippen LogP contribution is 2.05. The molecule has 3 heteroatoms. The minimum atomic E-state index is -0.281. The zero-order valence-corrected chi connectivity index (χ0v) is 13.6. The van der Waals surface area contributed by atoms with Crippen LogP contribution in [0.25, 0.3) is 0 Å². The van der Waals surface area contributed by atoms with Gasteiger partial charge in [0.25, 0.3) is 0 Å². The molecule has 0 saturated carbocycles. The predicted molar refractivity (Wildman–Crippen MR) is 89.6 cm³/mol. The zero-order chi connectivity index (χ0) is 15.9. The van der Waals surface area contributed by atoms with Gasteiger partial charge in [-0.05, 0) is 12.0 Å². The number of benzene rings is 1. The van der Waals surface area contributed by atoms with Gasteiger partial charge in [-0.1, -0.05) is 75.4 Å². The third-order valence-electron chi connectivity index (χ3n) is 3.32. The molecule has 0 aliphatic carbocycles. The lowest BCUT2D eigenvalue weighted by Gasteiger charge is -2.02. The summed E-state index contributed by atoms with van der Waals surface area (Å²) < 4.78 is 10.6. The lowest BCUT2D eigenvalue weighted by Crippen LogP contribution is -2.03. The lowest BCUT2D eigenvalue weighted by atomic mass is 10.1. The van der Waals surface area contributed by atoms with Crippen LogP contribution in [0.4, 0.5) is 0 Å². The number of hydrogen-bond acceptors (Lipinski definition) is 3. The van der Waals surface area contributed by atoms with E-state index in [0.29, 0.717) is 19.8 Å². The number of carbonyl (C=O) groups excluding carboxylic acids is 1. The van der Waals surface area contributed by atoms with E-state index in [-0.39, 0.29) is 5.97 Å². The van der Waals surface area contributed by atoms with Crippen molar-refractivity contribution < 1.29 is 14.3 Å². The molecule has 0 bridgehead atoms. The van der Waals surface area contributed by atoms with Gasteiger partial charge in [0.1, 0.15) is 0 Å². The SMILES string of the molecule is CCCCCCCCOC(=O)/C=C/COCc1ccccc1. The number of unbranched alkanes of at least 4 members (excludes halogenated alkanes) is 5. The lowest BCUT2D eigenvalue weighted by molar-refractivity contribution is -0.137. The minimum absolute atomic E-state index is 0.281. The monoisotopic (exact) mass is 304 g/mol. The van der Waals surface area contributed by atoms with E-state index in [1.165, 1.54) is 31.8 Å². The summed E-state index contributed by atoms with van der Waals surface area (Å²) in [6.45, 7) is 3.69. The van der Waals surface area contributed by atoms with E-state index in [9.17, 15) is 4.79 Å². The Labute approximate surface area is 134 Å². The Kier molecular flexibility index (Phi) is 11.0. The van der Waals surface area contributed by atoms with Crippen molar-refractivity contribution in [3.63, 3.8) is 0 Å². The average molecular weight is 304 g/mol. The Morgan fingerprint density at radius 3 is 2.55 bits per heavy atom. The molecule has 1 aromatic rings. The number of esters is 1. The van der Waals surface area contributed by atoms with Crippen molar-refractivity contribution in [3.8, 4) is 0 Å².